The quantitative estimate of drug-likeness (QED) is 0.267. The Bertz CT molecular complexity index is 1480. The summed E-state index contributed by atoms with van der Waals surface area (Å²) >= 11 is 0. The predicted molar refractivity (Wildman–Crippen MR) is 147 cm³/mol. The highest BCUT2D eigenvalue weighted by molar-refractivity contribution is 7.88. The number of pyridine rings is 1. The van der Waals surface area contributed by atoms with Gasteiger partial charge in [0.05, 0.1) is 28.7 Å². The number of amides is 1. The first-order valence-electron chi connectivity index (χ1n) is 12.9. The van der Waals surface area contributed by atoms with Gasteiger partial charge in [0.25, 0.3) is 5.91 Å². The fourth-order valence-electron chi connectivity index (χ4n) is 4.69. The van der Waals surface area contributed by atoms with Gasteiger partial charge in [-0.2, -0.15) is 0 Å². The van der Waals surface area contributed by atoms with Crippen LogP contribution in [0.1, 0.15) is 65.7 Å². The predicted octanol–water partition coefficient (Wildman–Crippen LogP) is 3.98. The van der Waals surface area contributed by atoms with Crippen LogP contribution in [-0.4, -0.2) is 57.7 Å². The van der Waals surface area contributed by atoms with Crippen LogP contribution in [0.15, 0.2) is 34.7 Å². The van der Waals surface area contributed by atoms with Gasteiger partial charge in [0.15, 0.2) is 0 Å². The molecule has 1 amide bonds. The van der Waals surface area contributed by atoms with Crippen molar-refractivity contribution in [1.82, 2.24) is 15.0 Å². The highest BCUT2D eigenvalue weighted by Crippen LogP contribution is 2.44. The van der Waals surface area contributed by atoms with E-state index in [0.717, 1.165) is 29.5 Å². The number of nitrogens with zero attached hydrogens (tertiary/aromatic N) is 1. The maximum Gasteiger partial charge on any atom is 0.311 e. The molecule has 4 rings (SSSR count). The number of aryl methyl sites for hydroxylation is 1. The van der Waals surface area contributed by atoms with Crippen LogP contribution in [-0.2, 0) is 25.3 Å². The van der Waals surface area contributed by atoms with Crippen molar-refractivity contribution in [2.75, 3.05) is 27.3 Å². The second-order valence-electron chi connectivity index (χ2n) is 10.5. The van der Waals surface area contributed by atoms with E-state index in [1.165, 1.54) is 7.11 Å². The van der Waals surface area contributed by atoms with Crippen molar-refractivity contribution in [2.45, 2.75) is 51.2 Å². The van der Waals surface area contributed by atoms with E-state index >= 15 is 0 Å². The Balaban J connectivity index is 1.61. The number of rotatable bonds is 13. The van der Waals surface area contributed by atoms with Crippen molar-refractivity contribution >= 4 is 33.0 Å². The van der Waals surface area contributed by atoms with E-state index in [4.69, 9.17) is 9.15 Å². The molecule has 0 bridgehead atoms. The number of carbonyl (C=O) groups excluding carboxylic acids is 1. The number of methoxy groups -OCH3 is 1. The molecule has 1 fully saturated rings. The Morgan fingerprint density at radius 3 is 2.51 bits per heavy atom. The third kappa shape index (κ3) is 6.48. The van der Waals surface area contributed by atoms with Crippen LogP contribution >= 0.6 is 0 Å². The molecular weight excluding hydrogens is 522 g/mol. The lowest BCUT2D eigenvalue weighted by molar-refractivity contribution is -0.151. The lowest BCUT2D eigenvalue weighted by Crippen LogP contribution is -2.34. The molecule has 0 radical (unpaired) electrons. The number of aromatic nitrogens is 1. The molecule has 0 spiro atoms. The molecule has 1 aromatic carbocycles. The zero-order valence-electron chi connectivity index (χ0n) is 22.7. The third-order valence-electron chi connectivity index (χ3n) is 7.11. The Morgan fingerprint density at radius 2 is 1.92 bits per heavy atom. The fraction of sp³-hybridized carbons (Fsp3) is 0.464. The van der Waals surface area contributed by atoms with E-state index in [1.807, 2.05) is 37.3 Å². The smallest absolute Gasteiger partial charge is 0.311 e. The van der Waals surface area contributed by atoms with E-state index < -0.39 is 21.4 Å². The van der Waals surface area contributed by atoms with Crippen molar-refractivity contribution in [2.24, 2.45) is 5.41 Å². The number of ether oxygens (including phenoxy) is 1. The average Bonchev–Trinajstić information content (AvgIpc) is 3.66. The Hall–Kier alpha value is -3.28. The summed E-state index contributed by atoms with van der Waals surface area (Å²) in [6.45, 7) is 3.68. The van der Waals surface area contributed by atoms with Crippen LogP contribution in [0.3, 0.4) is 0 Å². The molecule has 1 aliphatic rings. The standard InChI is InChI=1S/C28H35N3O7S/c1-17-6-8-19(9-7-17)24-23(25(32)29-3)21-14-20(18-10-11-18)22(31-26(21)38-24)15-39(35,36)30-13-5-12-28(2,16-37-4)27(33)34/h6-9,14,18,30H,5,10-13,15-16H2,1-4H3,(H,29,32)(H,33,34). The molecular formula is C28H35N3O7S. The van der Waals surface area contributed by atoms with Gasteiger partial charge < -0.3 is 19.6 Å². The first kappa shape index (κ1) is 28.7. The van der Waals surface area contributed by atoms with Crippen LogP contribution in [0.5, 0.6) is 0 Å². The molecule has 10 nitrogen and oxygen atoms in total. The van der Waals surface area contributed by atoms with Gasteiger partial charge in [-0.1, -0.05) is 29.8 Å². The van der Waals surface area contributed by atoms with Crippen LogP contribution in [0.25, 0.3) is 22.4 Å². The van der Waals surface area contributed by atoms with Gasteiger partial charge >= 0.3 is 5.97 Å². The maximum atomic E-state index is 13.0. The summed E-state index contributed by atoms with van der Waals surface area (Å²) in [5.74, 6) is -1.09. The highest BCUT2D eigenvalue weighted by atomic mass is 32.2. The van der Waals surface area contributed by atoms with E-state index in [9.17, 15) is 23.1 Å². The van der Waals surface area contributed by atoms with Crippen molar-refractivity contribution in [1.29, 1.82) is 0 Å². The first-order valence-corrected chi connectivity index (χ1v) is 14.6. The molecule has 2 aromatic heterocycles. The SMILES string of the molecule is CNC(=O)c1c(-c2ccc(C)cc2)oc2nc(CS(=O)(=O)NCCCC(C)(COC)C(=O)O)c(C3CC3)cc12. The van der Waals surface area contributed by atoms with E-state index in [1.54, 1.807) is 14.0 Å². The summed E-state index contributed by atoms with van der Waals surface area (Å²) in [5.41, 5.74) is 2.46. The fourth-order valence-corrected chi connectivity index (χ4v) is 5.84. The lowest BCUT2D eigenvalue weighted by Gasteiger charge is -2.23. The lowest BCUT2D eigenvalue weighted by atomic mass is 9.86. The van der Waals surface area contributed by atoms with Crippen molar-refractivity contribution in [3.05, 3.63) is 52.7 Å². The summed E-state index contributed by atoms with van der Waals surface area (Å²) in [6.07, 6.45) is 2.42. The van der Waals surface area contributed by atoms with Gasteiger partial charge in [-0.15, -0.1) is 0 Å². The van der Waals surface area contributed by atoms with Crippen molar-refractivity contribution in [3.63, 3.8) is 0 Å². The molecule has 39 heavy (non-hydrogen) atoms. The normalized spacial score (nSPS) is 15.3. The molecule has 3 N–H and O–H groups in total. The van der Waals surface area contributed by atoms with E-state index in [-0.39, 0.29) is 42.9 Å². The summed E-state index contributed by atoms with van der Waals surface area (Å²) < 4.78 is 39.7. The molecule has 1 atom stereocenters. The number of furan rings is 1. The molecule has 1 saturated carbocycles. The zero-order chi connectivity index (χ0) is 28.4. The second kappa shape index (κ2) is 11.4. The van der Waals surface area contributed by atoms with Crippen LogP contribution in [0.4, 0.5) is 0 Å². The largest absolute Gasteiger partial charge is 0.481 e. The number of sulfonamides is 1. The minimum Gasteiger partial charge on any atom is -0.481 e. The third-order valence-corrected chi connectivity index (χ3v) is 8.41. The molecule has 11 heteroatoms. The zero-order valence-corrected chi connectivity index (χ0v) is 23.5. The number of carboxylic acids is 1. The Morgan fingerprint density at radius 1 is 1.23 bits per heavy atom. The molecule has 1 aliphatic carbocycles. The van der Waals surface area contributed by atoms with Gasteiger partial charge in [0.1, 0.15) is 11.5 Å². The minimum absolute atomic E-state index is 0.0372. The second-order valence-corrected chi connectivity index (χ2v) is 12.3. The van der Waals surface area contributed by atoms with Crippen LogP contribution in [0, 0.1) is 12.3 Å². The Labute approximate surface area is 228 Å². The number of nitrogens with one attached hydrogen (secondary N) is 2. The number of aliphatic carboxylic acids is 1. The maximum absolute atomic E-state index is 13.0. The summed E-state index contributed by atoms with van der Waals surface area (Å²) in [4.78, 5) is 29.1. The topological polar surface area (TPSA) is 148 Å². The molecule has 0 saturated heterocycles. The molecule has 210 valence electrons. The minimum atomic E-state index is -3.78. The van der Waals surface area contributed by atoms with Gasteiger partial charge in [0.2, 0.25) is 15.7 Å². The molecule has 3 aromatic rings. The molecule has 0 aliphatic heterocycles. The molecule has 2 heterocycles. The average molecular weight is 558 g/mol. The van der Waals surface area contributed by atoms with Crippen molar-refractivity contribution in [3.8, 4) is 11.3 Å². The number of carboxylic acid groups (broad SMARTS) is 1. The van der Waals surface area contributed by atoms with Gasteiger partial charge in [0, 0.05) is 26.3 Å². The highest BCUT2D eigenvalue weighted by Gasteiger charge is 2.34. The first-order chi connectivity index (χ1) is 18.5. The monoisotopic (exact) mass is 557 g/mol. The van der Waals surface area contributed by atoms with Crippen LogP contribution in [0.2, 0.25) is 0 Å². The van der Waals surface area contributed by atoms with E-state index in [2.05, 4.69) is 15.0 Å². The van der Waals surface area contributed by atoms with Crippen LogP contribution < -0.4 is 10.0 Å². The summed E-state index contributed by atoms with van der Waals surface area (Å²) in [7, 11) is -0.787. The number of benzene rings is 1. The number of fused-ring (bicyclic) bond motifs is 1. The Kier molecular flexibility index (Phi) is 8.43. The van der Waals surface area contributed by atoms with Gasteiger partial charge in [-0.3, -0.25) is 9.59 Å². The van der Waals surface area contributed by atoms with Gasteiger partial charge in [-0.05, 0) is 57.1 Å². The number of hydrogen-bond donors (Lipinski definition) is 3. The van der Waals surface area contributed by atoms with Gasteiger partial charge in [-0.25, -0.2) is 18.1 Å². The number of carbonyl (C=O) groups is 2. The van der Waals surface area contributed by atoms with E-state index in [0.29, 0.717) is 28.8 Å². The summed E-state index contributed by atoms with van der Waals surface area (Å²) in [5, 5.41) is 12.7. The summed E-state index contributed by atoms with van der Waals surface area (Å²) in [6, 6.07) is 9.45. The molecule has 1 unspecified atom stereocenters. The number of hydrogen-bond acceptors (Lipinski definition) is 7. The van der Waals surface area contributed by atoms with Crippen molar-refractivity contribution < 1.29 is 32.3 Å².